The molecule has 0 heterocycles. The van der Waals surface area contributed by atoms with Gasteiger partial charge in [0, 0.05) is 29.6 Å². The highest BCUT2D eigenvalue weighted by Crippen LogP contribution is 2.24. The van der Waals surface area contributed by atoms with E-state index >= 15 is 0 Å². The Hall–Kier alpha value is -3.69. The first-order valence-corrected chi connectivity index (χ1v) is 16.7. The van der Waals surface area contributed by atoms with E-state index in [2.05, 4.69) is 5.32 Å². The number of benzene rings is 3. The highest BCUT2D eigenvalue weighted by atomic mass is 35.5. The van der Waals surface area contributed by atoms with E-state index < -0.39 is 28.5 Å². The quantitative estimate of drug-likeness (QED) is 0.272. The lowest BCUT2D eigenvalue weighted by atomic mass is 9.94. The van der Waals surface area contributed by atoms with Gasteiger partial charge in [-0.15, -0.1) is 0 Å². The molecule has 4 rings (SSSR count). The van der Waals surface area contributed by atoms with Gasteiger partial charge in [-0.05, 0) is 49.1 Å². The van der Waals surface area contributed by atoms with Crippen LogP contribution < -0.4 is 9.62 Å². The third-order valence-electron chi connectivity index (χ3n) is 7.74. The summed E-state index contributed by atoms with van der Waals surface area (Å²) in [6.07, 6.45) is 6.17. The second-order valence-electron chi connectivity index (χ2n) is 11.0. The van der Waals surface area contributed by atoms with E-state index in [1.807, 2.05) is 30.3 Å². The van der Waals surface area contributed by atoms with Crippen molar-refractivity contribution in [2.75, 3.05) is 17.1 Å². The van der Waals surface area contributed by atoms with Crippen LogP contribution in [0.2, 0.25) is 5.02 Å². The third-order valence-corrected chi connectivity index (χ3v) is 9.25. The van der Waals surface area contributed by atoms with Gasteiger partial charge < -0.3 is 10.2 Å². The fraction of sp³-hybridized carbons (Fsp3) is 0.364. The van der Waals surface area contributed by atoms with Gasteiger partial charge in [-0.1, -0.05) is 91.5 Å². The summed E-state index contributed by atoms with van der Waals surface area (Å²) in [5, 5.41) is 3.61. The number of sulfonamides is 1. The molecule has 1 N–H and O–H groups in total. The molecule has 43 heavy (non-hydrogen) atoms. The van der Waals surface area contributed by atoms with Gasteiger partial charge in [0.15, 0.2) is 5.78 Å². The molecule has 1 saturated carbocycles. The number of amides is 2. The van der Waals surface area contributed by atoms with E-state index in [9.17, 15) is 22.8 Å². The molecule has 0 aliphatic heterocycles. The Kier molecular flexibility index (Phi) is 11.0. The first kappa shape index (κ1) is 32.2. The molecule has 0 bridgehead atoms. The van der Waals surface area contributed by atoms with Gasteiger partial charge in [0.2, 0.25) is 21.8 Å². The van der Waals surface area contributed by atoms with Crippen molar-refractivity contribution in [2.45, 2.75) is 64.1 Å². The minimum Gasteiger partial charge on any atom is -0.352 e. The van der Waals surface area contributed by atoms with Crippen LogP contribution in [0.4, 0.5) is 5.69 Å². The topological polar surface area (TPSA) is 104 Å². The average molecular weight is 624 g/mol. The molecule has 8 nitrogen and oxygen atoms in total. The first-order chi connectivity index (χ1) is 20.5. The summed E-state index contributed by atoms with van der Waals surface area (Å²) in [6, 6.07) is 21.7. The van der Waals surface area contributed by atoms with E-state index in [1.54, 1.807) is 36.4 Å². The number of Topliss-reactive ketones (excluding diaryl/α,β-unsaturated/α-hetero) is 1. The molecule has 228 valence electrons. The fourth-order valence-corrected chi connectivity index (χ4v) is 6.44. The molecule has 10 heteroatoms. The molecule has 1 fully saturated rings. The largest absolute Gasteiger partial charge is 0.352 e. The Balaban J connectivity index is 1.74. The lowest BCUT2D eigenvalue weighted by Gasteiger charge is -2.35. The minimum atomic E-state index is -3.95. The van der Waals surface area contributed by atoms with E-state index in [-0.39, 0.29) is 36.4 Å². The average Bonchev–Trinajstić information content (AvgIpc) is 2.99. The zero-order valence-electron chi connectivity index (χ0n) is 24.5. The summed E-state index contributed by atoms with van der Waals surface area (Å²) in [4.78, 5) is 41.7. The van der Waals surface area contributed by atoms with Crippen LogP contribution >= 0.6 is 11.6 Å². The van der Waals surface area contributed by atoms with Crippen LogP contribution in [0.25, 0.3) is 0 Å². The molecule has 2 amide bonds. The van der Waals surface area contributed by atoms with Crippen molar-refractivity contribution in [3.8, 4) is 0 Å². The third kappa shape index (κ3) is 8.91. The lowest BCUT2D eigenvalue weighted by Crippen LogP contribution is -2.55. The van der Waals surface area contributed by atoms with Crippen LogP contribution in [-0.2, 0) is 32.6 Å². The predicted molar refractivity (Wildman–Crippen MR) is 170 cm³/mol. The Labute approximate surface area is 259 Å². The van der Waals surface area contributed by atoms with Gasteiger partial charge in [0.05, 0.1) is 11.9 Å². The zero-order chi connectivity index (χ0) is 31.0. The van der Waals surface area contributed by atoms with Crippen molar-refractivity contribution in [1.29, 1.82) is 0 Å². The molecule has 0 radical (unpaired) electrons. The SMILES string of the molecule is CC(=O)c1cccc(N(CC(=O)N(Cc2ccccc2Cl)[C@@H](Cc2ccccc2)C(=O)NC2CCCCC2)S(C)(=O)=O)c1. The number of ketones is 1. The number of rotatable bonds is 12. The molecule has 0 aromatic heterocycles. The predicted octanol–water partition coefficient (Wildman–Crippen LogP) is 5.40. The van der Waals surface area contributed by atoms with Crippen molar-refractivity contribution in [2.24, 2.45) is 0 Å². The maximum atomic E-state index is 14.3. The highest BCUT2D eigenvalue weighted by molar-refractivity contribution is 7.92. The maximum Gasteiger partial charge on any atom is 0.244 e. The molecule has 0 spiro atoms. The van der Waals surface area contributed by atoms with Gasteiger partial charge in [-0.2, -0.15) is 0 Å². The summed E-state index contributed by atoms with van der Waals surface area (Å²) in [6.45, 7) is 0.825. The van der Waals surface area contributed by atoms with Crippen LogP contribution in [0.1, 0.15) is 60.5 Å². The van der Waals surface area contributed by atoms with Gasteiger partial charge in [0.25, 0.3) is 0 Å². The molecule has 0 unspecified atom stereocenters. The summed E-state index contributed by atoms with van der Waals surface area (Å²) in [5.74, 6) is -1.09. The molecule has 0 saturated heterocycles. The summed E-state index contributed by atoms with van der Waals surface area (Å²) in [7, 11) is -3.95. The molecule has 3 aromatic carbocycles. The molecular formula is C33H38ClN3O5S. The number of halogens is 1. The Morgan fingerprint density at radius 2 is 1.60 bits per heavy atom. The van der Waals surface area contributed by atoms with Crippen molar-refractivity contribution >= 4 is 44.9 Å². The number of carbonyl (C=O) groups excluding carboxylic acids is 3. The van der Waals surface area contributed by atoms with Gasteiger partial charge in [-0.3, -0.25) is 18.7 Å². The summed E-state index contributed by atoms with van der Waals surface area (Å²) in [5.41, 5.74) is 2.00. The van der Waals surface area contributed by atoms with Gasteiger partial charge in [-0.25, -0.2) is 8.42 Å². The van der Waals surface area contributed by atoms with Crippen molar-refractivity contribution < 1.29 is 22.8 Å². The van der Waals surface area contributed by atoms with Crippen LogP contribution in [0.5, 0.6) is 0 Å². The summed E-state index contributed by atoms with van der Waals surface area (Å²) < 4.78 is 27.0. The Bertz CT molecular complexity index is 1540. The van der Waals surface area contributed by atoms with Crippen LogP contribution in [0, 0.1) is 0 Å². The minimum absolute atomic E-state index is 0.000812. The van der Waals surface area contributed by atoms with Gasteiger partial charge >= 0.3 is 0 Å². The van der Waals surface area contributed by atoms with Crippen molar-refractivity contribution in [3.63, 3.8) is 0 Å². The number of nitrogens with zero attached hydrogens (tertiary/aromatic N) is 2. The second kappa shape index (κ2) is 14.7. The molecule has 1 aliphatic carbocycles. The first-order valence-electron chi connectivity index (χ1n) is 14.5. The lowest BCUT2D eigenvalue weighted by molar-refractivity contribution is -0.140. The van der Waals surface area contributed by atoms with E-state index in [0.29, 0.717) is 16.1 Å². The maximum absolute atomic E-state index is 14.3. The Morgan fingerprint density at radius 1 is 0.930 bits per heavy atom. The van der Waals surface area contributed by atoms with Crippen LogP contribution in [0.3, 0.4) is 0 Å². The number of anilines is 1. The number of hydrogen-bond donors (Lipinski definition) is 1. The molecule has 1 aliphatic rings. The smallest absolute Gasteiger partial charge is 0.244 e. The number of carbonyl (C=O) groups is 3. The molecule has 1 atom stereocenters. The van der Waals surface area contributed by atoms with E-state index in [1.165, 1.54) is 24.0 Å². The van der Waals surface area contributed by atoms with Crippen molar-refractivity contribution in [3.05, 3.63) is 101 Å². The monoisotopic (exact) mass is 623 g/mol. The summed E-state index contributed by atoms with van der Waals surface area (Å²) >= 11 is 6.52. The normalized spacial score (nSPS) is 14.5. The molecule has 3 aromatic rings. The Morgan fingerprint density at radius 3 is 2.26 bits per heavy atom. The fourth-order valence-electron chi connectivity index (χ4n) is 5.40. The number of nitrogens with one attached hydrogen (secondary N) is 1. The highest BCUT2D eigenvalue weighted by Gasteiger charge is 2.34. The zero-order valence-corrected chi connectivity index (χ0v) is 26.1. The van der Waals surface area contributed by atoms with Crippen molar-refractivity contribution in [1.82, 2.24) is 10.2 Å². The van der Waals surface area contributed by atoms with Crippen LogP contribution in [-0.4, -0.2) is 55.8 Å². The van der Waals surface area contributed by atoms with Gasteiger partial charge in [0.1, 0.15) is 12.6 Å². The standard InChI is InChI=1S/C33H38ClN3O5S/c1-24(38)26-15-11-18-29(21-26)37(43(2,41)42)23-32(39)36(22-27-14-9-10-19-30(27)34)31(20-25-12-5-3-6-13-25)33(40)35-28-16-7-4-8-17-28/h3,5-6,9-15,18-19,21,28,31H,4,7-8,16-17,20,22-23H2,1-2H3,(H,35,40)/t31-/m0/s1. The van der Waals surface area contributed by atoms with Crippen LogP contribution in [0.15, 0.2) is 78.9 Å². The molecular weight excluding hydrogens is 586 g/mol. The van der Waals surface area contributed by atoms with E-state index in [0.717, 1.165) is 48.2 Å². The van der Waals surface area contributed by atoms with E-state index in [4.69, 9.17) is 11.6 Å². The number of hydrogen-bond acceptors (Lipinski definition) is 5. The second-order valence-corrected chi connectivity index (χ2v) is 13.4.